The predicted octanol–water partition coefficient (Wildman–Crippen LogP) is 1.05. The molecule has 1 aliphatic rings. The van der Waals surface area contributed by atoms with Gasteiger partial charge in [-0.1, -0.05) is 0 Å². The van der Waals surface area contributed by atoms with Gasteiger partial charge in [-0.3, -0.25) is 4.68 Å². The van der Waals surface area contributed by atoms with Gasteiger partial charge in [0, 0.05) is 31.5 Å². The fraction of sp³-hybridized carbons (Fsp3) is 0.417. The Bertz CT molecular complexity index is 547. The summed E-state index contributed by atoms with van der Waals surface area (Å²) in [5.74, 6) is 1.31. The number of rotatable bonds is 3. The molecule has 3 heterocycles. The highest BCUT2D eigenvalue weighted by atomic mass is 16.5. The molecule has 0 saturated carbocycles. The number of nitrogens with zero attached hydrogens (tertiary/aromatic N) is 5. The summed E-state index contributed by atoms with van der Waals surface area (Å²) in [6.45, 7) is 3.81. The monoisotopic (exact) mass is 245 g/mol. The number of hydrogen-bond donors (Lipinski definition) is 0. The summed E-state index contributed by atoms with van der Waals surface area (Å²) in [7, 11) is 1.61. The maximum atomic E-state index is 5.09. The largest absolute Gasteiger partial charge is 0.481 e. The van der Waals surface area contributed by atoms with E-state index in [4.69, 9.17) is 4.74 Å². The molecule has 1 aliphatic heterocycles. The molecule has 0 N–H and O–H groups in total. The minimum atomic E-state index is 0.411. The van der Waals surface area contributed by atoms with Gasteiger partial charge in [-0.2, -0.15) is 10.1 Å². The molecule has 94 valence electrons. The van der Waals surface area contributed by atoms with Crippen molar-refractivity contribution in [1.29, 1.82) is 0 Å². The Hall–Kier alpha value is -2.11. The Morgan fingerprint density at radius 3 is 2.89 bits per heavy atom. The molecule has 6 nitrogen and oxygen atoms in total. The van der Waals surface area contributed by atoms with Crippen molar-refractivity contribution in [2.75, 3.05) is 25.1 Å². The lowest BCUT2D eigenvalue weighted by Crippen LogP contribution is -2.48. The molecule has 0 amide bonds. The summed E-state index contributed by atoms with van der Waals surface area (Å²) in [5, 5.41) is 4.32. The van der Waals surface area contributed by atoms with Crippen LogP contribution in [0.15, 0.2) is 24.7 Å². The summed E-state index contributed by atoms with van der Waals surface area (Å²) in [5.41, 5.74) is 1.19. The molecular formula is C12H15N5O. The molecule has 1 saturated heterocycles. The van der Waals surface area contributed by atoms with Gasteiger partial charge in [-0.05, 0) is 12.5 Å². The van der Waals surface area contributed by atoms with Crippen molar-refractivity contribution >= 4 is 5.95 Å². The fourth-order valence-electron chi connectivity index (χ4n) is 2.02. The van der Waals surface area contributed by atoms with Crippen LogP contribution in [0.5, 0.6) is 5.88 Å². The first kappa shape index (κ1) is 11.0. The molecule has 1 fully saturated rings. The summed E-state index contributed by atoms with van der Waals surface area (Å²) < 4.78 is 7.10. The first-order valence-electron chi connectivity index (χ1n) is 5.89. The van der Waals surface area contributed by atoms with Crippen LogP contribution in [-0.2, 0) is 0 Å². The smallest absolute Gasteiger partial charge is 0.228 e. The van der Waals surface area contributed by atoms with Crippen molar-refractivity contribution < 1.29 is 4.74 Å². The third kappa shape index (κ3) is 1.90. The van der Waals surface area contributed by atoms with Crippen molar-refractivity contribution in [1.82, 2.24) is 19.7 Å². The zero-order valence-electron chi connectivity index (χ0n) is 10.4. The third-order valence-corrected chi connectivity index (χ3v) is 3.08. The van der Waals surface area contributed by atoms with E-state index in [2.05, 4.69) is 26.2 Å². The summed E-state index contributed by atoms with van der Waals surface area (Å²) in [6.07, 6.45) is 5.66. The van der Waals surface area contributed by atoms with Crippen LogP contribution < -0.4 is 9.64 Å². The molecule has 0 bridgehead atoms. The Balaban J connectivity index is 1.68. The van der Waals surface area contributed by atoms with Crippen molar-refractivity contribution in [2.45, 2.75) is 13.0 Å². The van der Waals surface area contributed by atoms with Crippen LogP contribution in [0.1, 0.15) is 11.6 Å². The van der Waals surface area contributed by atoms with Crippen molar-refractivity contribution in [2.24, 2.45) is 0 Å². The van der Waals surface area contributed by atoms with Crippen LogP contribution in [0.3, 0.4) is 0 Å². The van der Waals surface area contributed by atoms with Gasteiger partial charge in [0.2, 0.25) is 11.8 Å². The van der Waals surface area contributed by atoms with E-state index in [0.717, 1.165) is 19.0 Å². The average Bonchev–Trinajstić information content (AvgIpc) is 2.74. The van der Waals surface area contributed by atoms with Gasteiger partial charge in [0.15, 0.2) is 0 Å². The van der Waals surface area contributed by atoms with Gasteiger partial charge < -0.3 is 9.64 Å². The highest BCUT2D eigenvalue weighted by molar-refractivity contribution is 5.36. The molecule has 6 heteroatoms. The molecule has 2 aromatic rings. The minimum Gasteiger partial charge on any atom is -0.481 e. The highest BCUT2D eigenvalue weighted by Crippen LogP contribution is 2.25. The normalized spacial score (nSPS) is 15.6. The average molecular weight is 245 g/mol. The molecule has 18 heavy (non-hydrogen) atoms. The van der Waals surface area contributed by atoms with Gasteiger partial charge in [0.05, 0.1) is 19.3 Å². The number of aryl methyl sites for hydroxylation is 1. The summed E-state index contributed by atoms with van der Waals surface area (Å²) in [6, 6.07) is 2.16. The highest BCUT2D eigenvalue weighted by Gasteiger charge is 2.30. The zero-order chi connectivity index (χ0) is 12.5. The van der Waals surface area contributed by atoms with Crippen molar-refractivity contribution in [3.63, 3.8) is 0 Å². The van der Waals surface area contributed by atoms with E-state index >= 15 is 0 Å². The van der Waals surface area contributed by atoms with E-state index in [1.54, 1.807) is 19.4 Å². The Kier molecular flexibility index (Phi) is 2.62. The number of aromatic nitrogens is 4. The van der Waals surface area contributed by atoms with E-state index in [1.165, 1.54) is 5.56 Å². The molecule has 0 radical (unpaired) electrons. The SMILES string of the molecule is COc1ccnc(N2CC(n3cc(C)cn3)C2)n1. The lowest BCUT2D eigenvalue weighted by molar-refractivity contribution is 0.358. The van der Waals surface area contributed by atoms with E-state index in [9.17, 15) is 0 Å². The Morgan fingerprint density at radius 2 is 2.22 bits per heavy atom. The first-order valence-corrected chi connectivity index (χ1v) is 5.89. The second-order valence-corrected chi connectivity index (χ2v) is 4.46. The van der Waals surface area contributed by atoms with Crippen LogP contribution in [0.25, 0.3) is 0 Å². The third-order valence-electron chi connectivity index (χ3n) is 3.08. The van der Waals surface area contributed by atoms with Gasteiger partial charge in [0.1, 0.15) is 0 Å². The quantitative estimate of drug-likeness (QED) is 0.809. The second kappa shape index (κ2) is 4.29. The summed E-state index contributed by atoms with van der Waals surface area (Å²) in [4.78, 5) is 10.7. The number of hydrogen-bond acceptors (Lipinski definition) is 5. The molecular weight excluding hydrogens is 230 g/mol. The number of ether oxygens (including phenoxy) is 1. The predicted molar refractivity (Wildman–Crippen MR) is 66.8 cm³/mol. The topological polar surface area (TPSA) is 56.1 Å². The minimum absolute atomic E-state index is 0.411. The van der Waals surface area contributed by atoms with E-state index in [-0.39, 0.29) is 0 Å². The van der Waals surface area contributed by atoms with Gasteiger partial charge in [-0.25, -0.2) is 4.98 Å². The molecule has 0 spiro atoms. The lowest BCUT2D eigenvalue weighted by atomic mass is 10.1. The Labute approximate surface area is 105 Å². The zero-order valence-corrected chi connectivity index (χ0v) is 10.4. The Morgan fingerprint density at radius 1 is 1.39 bits per heavy atom. The molecule has 0 aromatic carbocycles. The summed E-state index contributed by atoms with van der Waals surface area (Å²) >= 11 is 0. The fourth-order valence-corrected chi connectivity index (χ4v) is 2.02. The molecule has 3 rings (SSSR count). The van der Waals surface area contributed by atoms with E-state index in [0.29, 0.717) is 11.9 Å². The second-order valence-electron chi connectivity index (χ2n) is 4.46. The van der Waals surface area contributed by atoms with E-state index in [1.807, 2.05) is 17.8 Å². The maximum absolute atomic E-state index is 5.09. The van der Waals surface area contributed by atoms with Crippen LogP contribution in [0.4, 0.5) is 5.95 Å². The van der Waals surface area contributed by atoms with Gasteiger partial charge in [-0.15, -0.1) is 0 Å². The number of methoxy groups -OCH3 is 1. The van der Waals surface area contributed by atoms with Crippen molar-refractivity contribution in [3.05, 3.63) is 30.2 Å². The lowest BCUT2D eigenvalue weighted by Gasteiger charge is -2.39. The van der Waals surface area contributed by atoms with Crippen LogP contribution in [0, 0.1) is 6.92 Å². The maximum Gasteiger partial charge on any atom is 0.228 e. The van der Waals surface area contributed by atoms with Crippen LogP contribution >= 0.6 is 0 Å². The first-order chi connectivity index (χ1) is 8.76. The van der Waals surface area contributed by atoms with Crippen LogP contribution in [-0.4, -0.2) is 39.9 Å². The molecule has 0 aliphatic carbocycles. The molecule has 0 unspecified atom stereocenters. The van der Waals surface area contributed by atoms with Gasteiger partial charge in [0.25, 0.3) is 0 Å². The van der Waals surface area contributed by atoms with Crippen molar-refractivity contribution in [3.8, 4) is 5.88 Å². The van der Waals surface area contributed by atoms with Crippen LogP contribution in [0.2, 0.25) is 0 Å². The van der Waals surface area contributed by atoms with Gasteiger partial charge >= 0.3 is 0 Å². The molecule has 2 aromatic heterocycles. The molecule has 0 atom stereocenters. The number of anilines is 1. The standard InChI is InChI=1S/C12H15N5O/c1-9-5-14-17(6-9)10-7-16(8-10)12-13-4-3-11(15-12)18-2/h3-6,10H,7-8H2,1-2H3. The van der Waals surface area contributed by atoms with E-state index < -0.39 is 0 Å².